The summed E-state index contributed by atoms with van der Waals surface area (Å²) in [7, 11) is 0. The highest BCUT2D eigenvalue weighted by Gasteiger charge is 2.45. The van der Waals surface area contributed by atoms with E-state index < -0.39 is 0 Å². The Morgan fingerprint density at radius 2 is 1.45 bits per heavy atom. The van der Waals surface area contributed by atoms with Gasteiger partial charge in [-0.1, -0.05) is 57.4 Å². The van der Waals surface area contributed by atoms with E-state index in [2.05, 4.69) is 31.2 Å². The fourth-order valence-corrected chi connectivity index (χ4v) is 7.26. The summed E-state index contributed by atoms with van der Waals surface area (Å²) in [5.41, 5.74) is 0. The smallest absolute Gasteiger partial charge is 0.305 e. The lowest BCUT2D eigenvalue weighted by Gasteiger charge is -2.30. The van der Waals surface area contributed by atoms with Gasteiger partial charge in [-0.2, -0.15) is 0 Å². The molecule has 47 heavy (non-hydrogen) atoms. The molecule has 0 radical (unpaired) electrons. The first-order valence-electron chi connectivity index (χ1n) is 19.5. The molecule has 8 atom stereocenters. The van der Waals surface area contributed by atoms with Crippen molar-refractivity contribution in [3.63, 3.8) is 0 Å². The van der Waals surface area contributed by atoms with Crippen LogP contribution in [-0.4, -0.2) is 69.6 Å². The van der Waals surface area contributed by atoms with Gasteiger partial charge in [-0.3, -0.25) is 4.79 Å². The number of carbonyl (C=O) groups excluding carboxylic acids is 1. The molecule has 3 heterocycles. The van der Waals surface area contributed by atoms with Crippen molar-refractivity contribution >= 4 is 5.97 Å². The van der Waals surface area contributed by atoms with Gasteiger partial charge in [-0.25, -0.2) is 0 Å². The first-order chi connectivity index (χ1) is 23.2. The molecule has 4 aliphatic rings. The Labute approximate surface area is 285 Å². The van der Waals surface area contributed by atoms with Crippen LogP contribution in [0.25, 0.3) is 0 Å². The SMILES string of the molecule is CCCCC[C@@H](C=C[C@@H]1[C@@H](CC=CCCCCOC(=O)CCC)[C@@H](OC2CCCCO2)C[C@H]1OC1CCCCO1)OC1CCCCO1. The van der Waals surface area contributed by atoms with E-state index in [9.17, 15) is 4.79 Å². The molecule has 4 rings (SSSR count). The maximum atomic E-state index is 11.6. The van der Waals surface area contributed by atoms with Crippen LogP contribution in [0.15, 0.2) is 24.3 Å². The van der Waals surface area contributed by atoms with E-state index >= 15 is 0 Å². The van der Waals surface area contributed by atoms with E-state index in [-0.39, 0.29) is 55.0 Å². The van der Waals surface area contributed by atoms with E-state index in [1.54, 1.807) is 0 Å². The molecule has 0 N–H and O–H groups in total. The van der Waals surface area contributed by atoms with Gasteiger partial charge in [0.1, 0.15) is 0 Å². The number of esters is 1. The van der Waals surface area contributed by atoms with Gasteiger partial charge in [0.25, 0.3) is 0 Å². The van der Waals surface area contributed by atoms with Gasteiger partial charge in [0, 0.05) is 38.6 Å². The van der Waals surface area contributed by atoms with E-state index in [1.165, 1.54) is 12.8 Å². The van der Waals surface area contributed by atoms with Crippen molar-refractivity contribution in [2.24, 2.45) is 11.8 Å². The Kier molecular flexibility index (Phi) is 19.0. The molecule has 0 aromatic heterocycles. The number of unbranched alkanes of at least 4 members (excludes halogenated alkanes) is 4. The number of rotatable bonds is 21. The Morgan fingerprint density at radius 1 is 0.766 bits per heavy atom. The van der Waals surface area contributed by atoms with Crippen LogP contribution in [0.4, 0.5) is 0 Å². The number of carbonyl (C=O) groups is 1. The van der Waals surface area contributed by atoms with E-state index in [0.29, 0.717) is 13.0 Å². The summed E-state index contributed by atoms with van der Waals surface area (Å²) in [6, 6.07) is 0. The topological polar surface area (TPSA) is 81.7 Å². The normalized spacial score (nSPS) is 31.1. The summed E-state index contributed by atoms with van der Waals surface area (Å²) in [5.74, 6) is 0.358. The minimum atomic E-state index is -0.149. The van der Waals surface area contributed by atoms with Crippen molar-refractivity contribution in [1.82, 2.24) is 0 Å². The fraction of sp³-hybridized carbons (Fsp3) is 0.872. The van der Waals surface area contributed by atoms with E-state index in [1.807, 2.05) is 6.92 Å². The molecule has 0 bridgehead atoms. The Hall–Kier alpha value is -1.29. The summed E-state index contributed by atoms with van der Waals surface area (Å²) in [4.78, 5) is 11.6. The van der Waals surface area contributed by atoms with Gasteiger partial charge < -0.3 is 33.2 Å². The van der Waals surface area contributed by atoms with Gasteiger partial charge in [0.15, 0.2) is 18.9 Å². The zero-order valence-electron chi connectivity index (χ0n) is 29.7. The average Bonchev–Trinajstić information content (AvgIpc) is 3.40. The van der Waals surface area contributed by atoms with E-state index in [0.717, 1.165) is 129 Å². The molecule has 8 nitrogen and oxygen atoms in total. The number of hydrogen-bond acceptors (Lipinski definition) is 8. The predicted octanol–water partition coefficient (Wildman–Crippen LogP) is 8.95. The zero-order chi connectivity index (χ0) is 32.9. The second kappa shape index (κ2) is 23.2. The van der Waals surface area contributed by atoms with Gasteiger partial charge in [0.2, 0.25) is 0 Å². The molecule has 0 aromatic rings. The predicted molar refractivity (Wildman–Crippen MR) is 184 cm³/mol. The van der Waals surface area contributed by atoms with Crippen LogP contribution in [0, 0.1) is 11.8 Å². The van der Waals surface area contributed by atoms with Crippen molar-refractivity contribution in [3.8, 4) is 0 Å². The summed E-state index contributed by atoms with van der Waals surface area (Å²) < 4.78 is 43.6. The standard InChI is InChI=1S/C39H66O8/c1-3-5-9-19-31(45-37-21-11-15-27-42-37)24-25-33-32(20-10-7-6-8-14-26-41-36(40)18-4-2)34(46-38-22-12-16-28-43-38)30-35(33)47-39-23-13-17-29-44-39/h7,10,24-25,31-35,37-39H,3-6,8-9,11-23,26-30H2,1-2H3/t31-,32+,33+,34-,35+,37?,38?,39?/m0/s1. The number of ether oxygens (including phenoxy) is 7. The molecule has 3 saturated heterocycles. The molecular formula is C39H66O8. The Morgan fingerprint density at radius 3 is 2.09 bits per heavy atom. The van der Waals surface area contributed by atoms with Gasteiger partial charge >= 0.3 is 5.97 Å². The van der Waals surface area contributed by atoms with Crippen molar-refractivity contribution < 1.29 is 38.0 Å². The van der Waals surface area contributed by atoms with Crippen LogP contribution < -0.4 is 0 Å². The molecule has 270 valence electrons. The van der Waals surface area contributed by atoms with Crippen LogP contribution >= 0.6 is 0 Å². The highest BCUT2D eigenvalue weighted by Crippen LogP contribution is 2.42. The maximum Gasteiger partial charge on any atom is 0.305 e. The van der Waals surface area contributed by atoms with Crippen LogP contribution in [0.5, 0.6) is 0 Å². The third kappa shape index (κ3) is 14.6. The van der Waals surface area contributed by atoms with Crippen molar-refractivity contribution in [1.29, 1.82) is 0 Å². The highest BCUT2D eigenvalue weighted by atomic mass is 16.7. The largest absolute Gasteiger partial charge is 0.466 e. The quantitative estimate of drug-likeness (QED) is 0.0685. The number of allylic oxidation sites excluding steroid dienone is 2. The molecule has 0 aromatic carbocycles. The molecule has 3 aliphatic heterocycles. The van der Waals surface area contributed by atoms with Gasteiger partial charge in [-0.15, -0.1) is 0 Å². The third-order valence-corrected chi connectivity index (χ3v) is 9.96. The summed E-state index contributed by atoms with van der Waals surface area (Å²) >= 11 is 0. The maximum absolute atomic E-state index is 11.6. The molecule has 1 aliphatic carbocycles. The summed E-state index contributed by atoms with van der Waals surface area (Å²) in [6.45, 7) is 7.09. The minimum Gasteiger partial charge on any atom is -0.466 e. The molecule has 0 spiro atoms. The fourth-order valence-electron chi connectivity index (χ4n) is 7.26. The van der Waals surface area contributed by atoms with Crippen LogP contribution in [-0.2, 0) is 38.0 Å². The average molecular weight is 663 g/mol. The van der Waals surface area contributed by atoms with Crippen LogP contribution in [0.2, 0.25) is 0 Å². The second-order valence-corrected chi connectivity index (χ2v) is 13.9. The van der Waals surface area contributed by atoms with Crippen LogP contribution in [0.3, 0.4) is 0 Å². The summed E-state index contributed by atoms with van der Waals surface area (Å²) in [5, 5.41) is 0. The Balaban J connectivity index is 1.45. The van der Waals surface area contributed by atoms with Gasteiger partial charge in [0.05, 0.1) is 24.9 Å². The lowest BCUT2D eigenvalue weighted by atomic mass is 9.89. The molecule has 3 unspecified atom stereocenters. The Bertz CT molecular complexity index is 874. The monoisotopic (exact) mass is 662 g/mol. The first kappa shape index (κ1) is 38.5. The third-order valence-electron chi connectivity index (χ3n) is 9.96. The highest BCUT2D eigenvalue weighted by molar-refractivity contribution is 5.69. The molecular weight excluding hydrogens is 596 g/mol. The molecule has 0 amide bonds. The second-order valence-electron chi connectivity index (χ2n) is 13.9. The molecule has 8 heteroatoms. The van der Waals surface area contributed by atoms with Gasteiger partial charge in [-0.05, 0) is 102 Å². The lowest BCUT2D eigenvalue weighted by molar-refractivity contribution is -0.203. The lowest BCUT2D eigenvalue weighted by Crippen LogP contribution is -2.31. The summed E-state index contributed by atoms with van der Waals surface area (Å²) in [6.07, 6.45) is 29.2. The number of hydrogen-bond donors (Lipinski definition) is 0. The zero-order valence-corrected chi connectivity index (χ0v) is 29.7. The van der Waals surface area contributed by atoms with Crippen molar-refractivity contribution in [3.05, 3.63) is 24.3 Å². The molecule has 1 saturated carbocycles. The first-order valence-corrected chi connectivity index (χ1v) is 19.5. The minimum absolute atomic E-state index is 0.0152. The molecule has 4 fully saturated rings. The van der Waals surface area contributed by atoms with E-state index in [4.69, 9.17) is 33.2 Å². The van der Waals surface area contributed by atoms with Crippen LogP contribution in [0.1, 0.15) is 142 Å². The van der Waals surface area contributed by atoms with Crippen molar-refractivity contribution in [2.45, 2.75) is 179 Å². The van der Waals surface area contributed by atoms with Crippen molar-refractivity contribution in [2.75, 3.05) is 26.4 Å².